The van der Waals surface area contributed by atoms with Gasteiger partial charge in [-0.05, 0) is 24.6 Å². The predicted octanol–water partition coefficient (Wildman–Crippen LogP) is 3.01. The zero-order valence-corrected chi connectivity index (χ0v) is 19.4. The summed E-state index contributed by atoms with van der Waals surface area (Å²) in [7, 11) is 0. The van der Waals surface area contributed by atoms with Gasteiger partial charge in [-0.15, -0.1) is 10.2 Å². The lowest BCUT2D eigenvalue weighted by Crippen LogP contribution is -2.57. The zero-order chi connectivity index (χ0) is 25.9. The number of piperidine rings is 1. The molecule has 3 N–H and O–H groups in total. The minimum absolute atomic E-state index is 0.0644. The molecule has 2 aliphatic rings. The van der Waals surface area contributed by atoms with Crippen LogP contribution in [0.2, 0.25) is 0 Å². The molecule has 196 valence electrons. The van der Waals surface area contributed by atoms with E-state index in [4.69, 9.17) is 5.73 Å². The molecule has 1 saturated carbocycles. The summed E-state index contributed by atoms with van der Waals surface area (Å²) in [6.45, 7) is -0.0737. The molecule has 1 saturated heterocycles. The number of nitrogens with two attached hydrogens (primary N) is 1. The Morgan fingerprint density at radius 2 is 1.97 bits per heavy atom. The maximum absolute atomic E-state index is 14.9. The number of hydrogen-bond acceptors (Lipinski definition) is 8. The number of pyridine rings is 1. The number of rotatable bonds is 6. The first-order valence-electron chi connectivity index (χ1n) is 11.8. The van der Waals surface area contributed by atoms with E-state index >= 15 is 0 Å². The lowest BCUT2D eigenvalue weighted by molar-refractivity contribution is -0.131. The van der Waals surface area contributed by atoms with E-state index in [9.17, 15) is 22.0 Å². The molecule has 1 aliphatic carbocycles. The van der Waals surface area contributed by atoms with E-state index in [0.29, 0.717) is 35.3 Å². The highest BCUT2D eigenvalue weighted by molar-refractivity contribution is 5.88. The summed E-state index contributed by atoms with van der Waals surface area (Å²) in [5.41, 5.74) is 8.29. The van der Waals surface area contributed by atoms with Gasteiger partial charge in [0.25, 0.3) is 12.3 Å². The number of nitrogen functional groups attached to an aromatic ring is 1. The number of anilines is 2. The molecule has 10 nitrogen and oxygen atoms in total. The van der Waals surface area contributed by atoms with Crippen LogP contribution in [0.5, 0.6) is 0 Å². The van der Waals surface area contributed by atoms with Gasteiger partial charge in [0.05, 0.1) is 11.7 Å². The number of nitrogens with one attached hydrogen (secondary N) is 1. The highest BCUT2D eigenvalue weighted by atomic mass is 19.3. The Kier molecular flexibility index (Phi) is 5.62. The summed E-state index contributed by atoms with van der Waals surface area (Å²) in [5.74, 6) is -2.40. The van der Waals surface area contributed by atoms with Crippen LogP contribution in [0.15, 0.2) is 24.4 Å². The van der Waals surface area contributed by atoms with Crippen molar-refractivity contribution >= 4 is 28.4 Å². The molecule has 15 heteroatoms. The van der Waals surface area contributed by atoms with Crippen LogP contribution in [0.25, 0.3) is 27.9 Å². The molecule has 0 radical (unpaired) electrons. The molecule has 4 aromatic heterocycles. The van der Waals surface area contributed by atoms with Crippen molar-refractivity contribution in [2.45, 2.75) is 56.4 Å². The van der Waals surface area contributed by atoms with Crippen LogP contribution in [0.4, 0.5) is 33.7 Å². The maximum atomic E-state index is 14.9. The Morgan fingerprint density at radius 1 is 1.16 bits per heavy atom. The quantitative estimate of drug-likeness (QED) is 0.372. The van der Waals surface area contributed by atoms with Gasteiger partial charge in [0.1, 0.15) is 23.7 Å². The van der Waals surface area contributed by atoms with Gasteiger partial charge in [0.15, 0.2) is 11.5 Å². The predicted molar refractivity (Wildman–Crippen MR) is 124 cm³/mol. The van der Waals surface area contributed by atoms with Crippen molar-refractivity contribution in [2.75, 3.05) is 24.1 Å². The Balaban J connectivity index is 1.21. The molecule has 0 amide bonds. The number of hydrogen-bond donors (Lipinski definition) is 2. The fourth-order valence-electron chi connectivity index (χ4n) is 5.05. The van der Waals surface area contributed by atoms with E-state index in [2.05, 4.69) is 30.7 Å². The normalized spacial score (nSPS) is 22.6. The first-order valence-corrected chi connectivity index (χ1v) is 11.8. The molecule has 0 aromatic carbocycles. The van der Waals surface area contributed by atoms with Gasteiger partial charge in [-0.3, -0.25) is 4.90 Å². The fourth-order valence-corrected chi connectivity index (χ4v) is 5.05. The van der Waals surface area contributed by atoms with Crippen LogP contribution < -0.4 is 11.1 Å². The third kappa shape index (κ3) is 4.40. The van der Waals surface area contributed by atoms with Crippen molar-refractivity contribution in [1.82, 2.24) is 39.5 Å². The van der Waals surface area contributed by atoms with Gasteiger partial charge in [0, 0.05) is 43.7 Å². The van der Waals surface area contributed by atoms with Crippen LogP contribution in [0.3, 0.4) is 0 Å². The lowest BCUT2D eigenvalue weighted by Gasteiger charge is -2.46. The third-order valence-corrected chi connectivity index (χ3v) is 6.96. The first-order chi connectivity index (χ1) is 17.7. The van der Waals surface area contributed by atoms with Gasteiger partial charge in [-0.2, -0.15) is 4.98 Å². The molecule has 2 fully saturated rings. The van der Waals surface area contributed by atoms with Crippen LogP contribution >= 0.6 is 0 Å². The number of fused-ring (bicyclic) bond motifs is 2. The number of nitrogens with zero attached hydrogens (tertiary/aromatic N) is 8. The van der Waals surface area contributed by atoms with Crippen molar-refractivity contribution in [1.29, 1.82) is 0 Å². The highest BCUT2D eigenvalue weighted by Crippen LogP contribution is 2.41. The molecule has 2 atom stereocenters. The summed E-state index contributed by atoms with van der Waals surface area (Å²) in [6.07, 6.45) is -2.30. The summed E-state index contributed by atoms with van der Waals surface area (Å²) in [4.78, 5) is 10.5. The van der Waals surface area contributed by atoms with Crippen LogP contribution in [-0.2, 0) is 6.54 Å². The molecule has 1 aliphatic heterocycles. The SMILES string of the molecule is Nc1nc(N[C@H]2CCN(C3CC(F)(F)C3)C[C@H]2F)nn2ccc(-c3ccc4nnn(CC(F)F)c4n3)c12. The maximum Gasteiger partial charge on any atom is 0.258 e. The molecule has 6 rings (SSSR count). The van der Waals surface area contributed by atoms with E-state index in [1.807, 2.05) is 0 Å². The van der Waals surface area contributed by atoms with Crippen molar-refractivity contribution < 1.29 is 22.0 Å². The summed E-state index contributed by atoms with van der Waals surface area (Å²) >= 11 is 0. The summed E-state index contributed by atoms with van der Waals surface area (Å²) in [6, 6.07) is 4.14. The van der Waals surface area contributed by atoms with Crippen LogP contribution in [0, 0.1) is 0 Å². The third-order valence-electron chi connectivity index (χ3n) is 6.96. The van der Waals surface area contributed by atoms with E-state index in [1.165, 1.54) is 4.52 Å². The molecule has 0 unspecified atom stereocenters. The van der Waals surface area contributed by atoms with Gasteiger partial charge >= 0.3 is 0 Å². The van der Waals surface area contributed by atoms with Crippen molar-refractivity contribution in [3.63, 3.8) is 0 Å². The lowest BCUT2D eigenvalue weighted by atomic mass is 9.85. The fraction of sp³-hybridized carbons (Fsp3) is 0.500. The van der Waals surface area contributed by atoms with Crippen LogP contribution in [0.1, 0.15) is 19.3 Å². The molecule has 4 aromatic rings. The number of alkyl halides is 5. The Hall–Kier alpha value is -3.62. The number of likely N-dealkylation sites (tertiary alicyclic amines) is 1. The van der Waals surface area contributed by atoms with E-state index in [0.717, 1.165) is 4.68 Å². The van der Waals surface area contributed by atoms with Gasteiger partial charge in [0.2, 0.25) is 5.95 Å². The second kappa shape index (κ2) is 8.75. The molecule has 37 heavy (non-hydrogen) atoms. The smallest absolute Gasteiger partial charge is 0.258 e. The minimum atomic E-state index is -2.65. The first kappa shape index (κ1) is 23.8. The second-order valence-electron chi connectivity index (χ2n) is 9.51. The Bertz CT molecular complexity index is 1440. The van der Waals surface area contributed by atoms with E-state index in [-0.39, 0.29) is 42.8 Å². The van der Waals surface area contributed by atoms with Crippen molar-refractivity contribution in [3.05, 3.63) is 24.4 Å². The van der Waals surface area contributed by atoms with E-state index in [1.54, 1.807) is 29.3 Å². The Morgan fingerprint density at radius 3 is 2.70 bits per heavy atom. The van der Waals surface area contributed by atoms with Crippen LogP contribution in [-0.4, -0.2) is 83.2 Å². The molecule has 5 heterocycles. The topological polar surface area (TPSA) is 115 Å². The average molecular weight is 522 g/mol. The van der Waals surface area contributed by atoms with Gasteiger partial charge < -0.3 is 11.1 Å². The molecule has 0 spiro atoms. The molecular formula is C22H23F5N10. The minimum Gasteiger partial charge on any atom is -0.382 e. The van der Waals surface area contributed by atoms with Crippen molar-refractivity contribution in [3.8, 4) is 11.3 Å². The number of aromatic nitrogens is 7. The largest absolute Gasteiger partial charge is 0.382 e. The monoisotopic (exact) mass is 522 g/mol. The average Bonchev–Trinajstić information content (AvgIpc) is 3.43. The second-order valence-corrected chi connectivity index (χ2v) is 9.51. The molecular weight excluding hydrogens is 499 g/mol. The summed E-state index contributed by atoms with van der Waals surface area (Å²) in [5, 5.41) is 15.0. The van der Waals surface area contributed by atoms with Crippen molar-refractivity contribution in [2.24, 2.45) is 0 Å². The Labute approximate surface area is 206 Å². The zero-order valence-electron chi connectivity index (χ0n) is 19.4. The molecule has 0 bridgehead atoms. The summed E-state index contributed by atoms with van der Waals surface area (Å²) < 4.78 is 69.6. The van der Waals surface area contributed by atoms with E-state index < -0.39 is 31.1 Å². The standard InChI is InChI=1S/C22H23F5N10/c23-13-9-35(11-7-22(26,27)8-11)5-4-15(13)30-21-31-19(28)18-12(3-6-36(18)33-21)14-1-2-16-20(29-14)37(34-32-16)10-17(24)25/h1-3,6,11,13,15,17H,4-5,7-10H2,(H3,28,30,31,33)/t13-,15+/m1/s1. The number of halogens is 5. The van der Waals surface area contributed by atoms with Gasteiger partial charge in [-0.25, -0.2) is 36.1 Å². The highest BCUT2D eigenvalue weighted by Gasteiger charge is 2.49. The van der Waals surface area contributed by atoms with Gasteiger partial charge in [-0.1, -0.05) is 5.21 Å².